The number of fused-ring (bicyclic) bond motifs is 1. The lowest BCUT2D eigenvalue weighted by molar-refractivity contribution is -0.117. The van der Waals surface area contributed by atoms with Gasteiger partial charge in [0.2, 0.25) is 21.8 Å². The quantitative estimate of drug-likeness (QED) is 0.702. The van der Waals surface area contributed by atoms with Crippen molar-refractivity contribution in [1.82, 2.24) is 4.72 Å². The van der Waals surface area contributed by atoms with Gasteiger partial charge in [-0.05, 0) is 55.3 Å². The second-order valence-corrected chi connectivity index (χ2v) is 9.23. The zero-order valence-electron chi connectivity index (χ0n) is 16.4. The van der Waals surface area contributed by atoms with Gasteiger partial charge in [0.05, 0.1) is 9.92 Å². The molecule has 0 aromatic heterocycles. The minimum atomic E-state index is -3.82. The Balaban J connectivity index is 1.60. The van der Waals surface area contributed by atoms with Crippen LogP contribution in [0.5, 0.6) is 0 Å². The number of hydrogen-bond donors (Lipinski definition) is 2. The van der Waals surface area contributed by atoms with Crippen molar-refractivity contribution in [3.63, 3.8) is 0 Å². The van der Waals surface area contributed by atoms with E-state index in [-0.39, 0.29) is 34.8 Å². The molecule has 30 heavy (non-hydrogen) atoms. The molecule has 0 radical (unpaired) electrons. The third kappa shape index (κ3) is 4.80. The van der Waals surface area contributed by atoms with Crippen LogP contribution in [0.25, 0.3) is 0 Å². The van der Waals surface area contributed by atoms with Crippen LogP contribution in [0.1, 0.15) is 25.8 Å². The molecular weight excluding hydrogens is 433 g/mol. The molecule has 1 heterocycles. The molecule has 2 amide bonds. The summed E-state index contributed by atoms with van der Waals surface area (Å²) in [7, 11) is -3.82. The van der Waals surface area contributed by atoms with Crippen LogP contribution in [-0.2, 0) is 26.0 Å². The SMILES string of the molecule is CC(=O)N1c2ccc(S(=O)(=O)NCCC(=O)Nc3ccc(F)c(Cl)c3)cc2CC1C. The molecule has 2 aromatic rings. The number of carbonyl (C=O) groups excluding carboxylic acids is 2. The lowest BCUT2D eigenvalue weighted by Gasteiger charge is -2.20. The number of carbonyl (C=O) groups is 2. The van der Waals surface area contributed by atoms with E-state index in [4.69, 9.17) is 11.6 Å². The van der Waals surface area contributed by atoms with Crippen molar-refractivity contribution < 1.29 is 22.4 Å². The molecule has 0 saturated heterocycles. The zero-order valence-corrected chi connectivity index (χ0v) is 18.0. The van der Waals surface area contributed by atoms with Crippen molar-refractivity contribution in [3.05, 3.63) is 52.8 Å². The van der Waals surface area contributed by atoms with Gasteiger partial charge in [-0.25, -0.2) is 17.5 Å². The molecule has 1 aliphatic heterocycles. The second-order valence-electron chi connectivity index (χ2n) is 7.06. The smallest absolute Gasteiger partial charge is 0.240 e. The molecule has 0 fully saturated rings. The molecule has 1 atom stereocenters. The number of benzene rings is 2. The van der Waals surface area contributed by atoms with Gasteiger partial charge in [0.25, 0.3) is 0 Å². The van der Waals surface area contributed by atoms with E-state index in [1.807, 2.05) is 6.92 Å². The molecule has 2 N–H and O–H groups in total. The lowest BCUT2D eigenvalue weighted by Crippen LogP contribution is -2.33. The van der Waals surface area contributed by atoms with Gasteiger partial charge in [-0.1, -0.05) is 11.6 Å². The van der Waals surface area contributed by atoms with Crippen molar-refractivity contribution >= 4 is 44.8 Å². The molecule has 10 heteroatoms. The number of rotatable bonds is 6. The van der Waals surface area contributed by atoms with Crippen LogP contribution in [0, 0.1) is 5.82 Å². The van der Waals surface area contributed by atoms with E-state index in [9.17, 15) is 22.4 Å². The minimum absolute atomic E-state index is 0.0351. The molecule has 0 bridgehead atoms. The van der Waals surface area contributed by atoms with E-state index in [2.05, 4.69) is 10.0 Å². The Hall–Kier alpha value is -2.49. The van der Waals surface area contributed by atoms with Gasteiger partial charge in [-0.3, -0.25) is 9.59 Å². The second kappa shape index (κ2) is 8.71. The Labute approximate surface area is 179 Å². The summed E-state index contributed by atoms with van der Waals surface area (Å²) in [6.07, 6.45) is 0.454. The molecule has 1 unspecified atom stereocenters. The molecule has 0 spiro atoms. The predicted molar refractivity (Wildman–Crippen MR) is 113 cm³/mol. The first-order chi connectivity index (χ1) is 14.1. The van der Waals surface area contributed by atoms with E-state index >= 15 is 0 Å². The minimum Gasteiger partial charge on any atom is -0.326 e. The van der Waals surface area contributed by atoms with Crippen LogP contribution in [-0.4, -0.2) is 32.8 Å². The Morgan fingerprint density at radius 1 is 1.23 bits per heavy atom. The highest BCUT2D eigenvalue weighted by atomic mass is 35.5. The molecule has 0 aliphatic carbocycles. The molecule has 160 valence electrons. The first-order valence-electron chi connectivity index (χ1n) is 9.26. The lowest BCUT2D eigenvalue weighted by atomic mass is 10.1. The van der Waals surface area contributed by atoms with E-state index in [0.717, 1.165) is 11.6 Å². The van der Waals surface area contributed by atoms with Crippen molar-refractivity contribution in [2.24, 2.45) is 0 Å². The summed E-state index contributed by atoms with van der Waals surface area (Å²) in [5.74, 6) is -1.14. The molecule has 1 aliphatic rings. The Morgan fingerprint density at radius 2 is 1.97 bits per heavy atom. The highest BCUT2D eigenvalue weighted by Gasteiger charge is 2.30. The molecular formula is C20H21ClFN3O4S. The van der Waals surface area contributed by atoms with Gasteiger partial charge in [-0.15, -0.1) is 0 Å². The number of sulfonamides is 1. The summed E-state index contributed by atoms with van der Waals surface area (Å²) >= 11 is 5.67. The first-order valence-corrected chi connectivity index (χ1v) is 11.1. The Bertz CT molecular complexity index is 1110. The molecule has 2 aromatic carbocycles. The number of nitrogens with zero attached hydrogens (tertiary/aromatic N) is 1. The number of hydrogen-bond acceptors (Lipinski definition) is 4. The van der Waals surface area contributed by atoms with Crippen molar-refractivity contribution in [2.45, 2.75) is 37.6 Å². The fraction of sp³-hybridized carbons (Fsp3) is 0.300. The van der Waals surface area contributed by atoms with Crippen LogP contribution < -0.4 is 14.9 Å². The summed E-state index contributed by atoms with van der Waals surface area (Å²) in [6.45, 7) is 3.26. The molecule has 0 saturated carbocycles. The third-order valence-electron chi connectivity index (χ3n) is 4.76. The summed E-state index contributed by atoms with van der Waals surface area (Å²) in [5, 5.41) is 2.41. The van der Waals surface area contributed by atoms with Crippen molar-refractivity contribution in [1.29, 1.82) is 0 Å². The molecule has 7 nitrogen and oxygen atoms in total. The number of anilines is 2. The zero-order chi connectivity index (χ0) is 22.1. The van der Waals surface area contributed by atoms with Gasteiger partial charge < -0.3 is 10.2 Å². The first kappa shape index (κ1) is 22.2. The van der Waals surface area contributed by atoms with E-state index in [0.29, 0.717) is 17.8 Å². The average molecular weight is 454 g/mol. The van der Waals surface area contributed by atoms with Gasteiger partial charge in [0, 0.05) is 37.3 Å². The Morgan fingerprint density at radius 3 is 2.63 bits per heavy atom. The highest BCUT2D eigenvalue weighted by molar-refractivity contribution is 7.89. The van der Waals surface area contributed by atoms with Crippen molar-refractivity contribution in [2.75, 3.05) is 16.8 Å². The fourth-order valence-electron chi connectivity index (χ4n) is 3.43. The monoisotopic (exact) mass is 453 g/mol. The van der Waals surface area contributed by atoms with Crippen LogP contribution >= 0.6 is 11.6 Å². The fourth-order valence-corrected chi connectivity index (χ4v) is 4.70. The Kier molecular flexibility index (Phi) is 6.44. The standard InChI is InChI=1S/C20H21ClFN3O4S/c1-12-9-14-10-16(4-6-19(14)25(12)13(2)26)30(28,29)23-8-7-20(27)24-15-3-5-18(22)17(21)11-15/h3-6,10-12,23H,7-9H2,1-2H3,(H,24,27). The molecule has 3 rings (SSSR count). The van der Waals surface area contributed by atoms with Crippen LogP contribution in [0.15, 0.2) is 41.3 Å². The maximum atomic E-state index is 13.2. The van der Waals surface area contributed by atoms with E-state index in [1.165, 1.54) is 25.1 Å². The summed E-state index contributed by atoms with van der Waals surface area (Å²) in [4.78, 5) is 25.5. The van der Waals surface area contributed by atoms with Crippen molar-refractivity contribution in [3.8, 4) is 0 Å². The van der Waals surface area contributed by atoms with Gasteiger partial charge in [-0.2, -0.15) is 0 Å². The number of halogens is 2. The largest absolute Gasteiger partial charge is 0.326 e. The maximum absolute atomic E-state index is 13.2. The summed E-state index contributed by atoms with van der Waals surface area (Å²) in [5.41, 5.74) is 1.81. The van der Waals surface area contributed by atoms with E-state index in [1.54, 1.807) is 17.0 Å². The van der Waals surface area contributed by atoms with Gasteiger partial charge >= 0.3 is 0 Å². The summed E-state index contributed by atoms with van der Waals surface area (Å²) < 4.78 is 40.7. The normalized spacial score (nSPS) is 15.7. The van der Waals surface area contributed by atoms with Crippen LogP contribution in [0.3, 0.4) is 0 Å². The number of amides is 2. The van der Waals surface area contributed by atoms with Crippen LogP contribution in [0.2, 0.25) is 5.02 Å². The third-order valence-corrected chi connectivity index (χ3v) is 6.51. The average Bonchev–Trinajstić information content (AvgIpc) is 2.99. The predicted octanol–water partition coefficient (Wildman–Crippen LogP) is 3.08. The van der Waals surface area contributed by atoms with Crippen LogP contribution in [0.4, 0.5) is 15.8 Å². The number of nitrogens with one attached hydrogen (secondary N) is 2. The van der Waals surface area contributed by atoms with Gasteiger partial charge in [0.1, 0.15) is 5.82 Å². The van der Waals surface area contributed by atoms with E-state index < -0.39 is 21.7 Å². The topological polar surface area (TPSA) is 95.6 Å². The highest BCUT2D eigenvalue weighted by Crippen LogP contribution is 2.33. The summed E-state index contributed by atoms with van der Waals surface area (Å²) in [6, 6.07) is 8.34. The maximum Gasteiger partial charge on any atom is 0.240 e. The van der Waals surface area contributed by atoms with Gasteiger partial charge in [0.15, 0.2) is 0 Å².